The molecule has 0 saturated heterocycles. The third-order valence-corrected chi connectivity index (χ3v) is 16.3. The van der Waals surface area contributed by atoms with Crippen molar-refractivity contribution in [1.82, 2.24) is 0 Å². The molecular weight excluding hydrogens is 587 g/mol. The maximum absolute atomic E-state index is 13.5. The topological polar surface area (TPSA) is 63.6 Å². The minimum Gasteiger partial charge on any atom is -0.410 e. The number of halogens is 1. The first-order valence-electron chi connectivity index (χ1n) is 13.2. The molecule has 198 valence electrons. The van der Waals surface area contributed by atoms with Crippen LogP contribution in [0, 0.1) is 15.4 Å². The van der Waals surface area contributed by atoms with Gasteiger partial charge in [0.05, 0.1) is 5.60 Å². The Labute approximate surface area is 228 Å². The van der Waals surface area contributed by atoms with Crippen LogP contribution in [-0.2, 0) is 14.5 Å². The highest BCUT2D eigenvalue weighted by atomic mass is 127. The molecule has 2 aliphatic carbocycles. The van der Waals surface area contributed by atoms with Gasteiger partial charge in [0.25, 0.3) is 10.1 Å². The molecule has 0 aromatic heterocycles. The molecule has 4 nitrogen and oxygen atoms in total. The van der Waals surface area contributed by atoms with Crippen LogP contribution in [-0.4, -0.2) is 31.6 Å². The van der Waals surface area contributed by atoms with E-state index in [9.17, 15) is 13.0 Å². The zero-order valence-corrected chi connectivity index (χ0v) is 26.6. The molecule has 1 fully saturated rings. The fourth-order valence-electron chi connectivity index (χ4n) is 6.25. The maximum atomic E-state index is 13.5. The van der Waals surface area contributed by atoms with Crippen LogP contribution in [0.1, 0.15) is 91.0 Å². The van der Waals surface area contributed by atoms with Crippen molar-refractivity contribution in [3.05, 3.63) is 45.6 Å². The molecule has 0 heterocycles. The summed E-state index contributed by atoms with van der Waals surface area (Å²) in [5, 5.41) is -0.00470. The Balaban J connectivity index is 2.26. The molecule has 2 aliphatic rings. The van der Waals surface area contributed by atoms with E-state index in [1.807, 2.05) is 37.3 Å². The minimum absolute atomic E-state index is 0.00470. The summed E-state index contributed by atoms with van der Waals surface area (Å²) in [5.41, 5.74) is 0.360. The quantitative estimate of drug-likeness (QED) is 0.142. The van der Waals surface area contributed by atoms with Crippen molar-refractivity contribution in [3.8, 4) is 0 Å². The van der Waals surface area contributed by atoms with Gasteiger partial charge in [-0.05, 0) is 77.5 Å². The first-order chi connectivity index (χ1) is 16.1. The van der Waals surface area contributed by atoms with Crippen molar-refractivity contribution in [3.63, 3.8) is 0 Å². The van der Waals surface area contributed by atoms with E-state index in [4.69, 9.17) is 4.43 Å². The van der Waals surface area contributed by atoms with E-state index in [0.717, 1.165) is 34.8 Å². The molecule has 35 heavy (non-hydrogen) atoms. The Morgan fingerprint density at radius 3 is 2.29 bits per heavy atom. The van der Waals surface area contributed by atoms with E-state index in [2.05, 4.69) is 69.5 Å². The molecular formula is C28H45IO4SSi. The number of hydrogen-bond acceptors (Lipinski definition) is 3. The van der Waals surface area contributed by atoms with Crippen molar-refractivity contribution < 1.29 is 17.4 Å². The highest BCUT2D eigenvalue weighted by Crippen LogP contribution is 2.56. The summed E-state index contributed by atoms with van der Waals surface area (Å²) < 4.78 is 45.0. The first kappa shape index (κ1) is 29.3. The Kier molecular flexibility index (Phi) is 8.80. The molecule has 1 aromatic rings. The monoisotopic (exact) mass is 632 g/mol. The molecule has 1 aromatic carbocycles. The van der Waals surface area contributed by atoms with Crippen molar-refractivity contribution in [2.75, 3.05) is 0 Å². The van der Waals surface area contributed by atoms with Gasteiger partial charge in [-0.2, -0.15) is 8.42 Å². The van der Waals surface area contributed by atoms with Gasteiger partial charge in [-0.1, -0.05) is 84.2 Å². The molecule has 0 amide bonds. The molecule has 0 aliphatic heterocycles. The normalized spacial score (nSPS) is 29.8. The molecule has 7 heteroatoms. The van der Waals surface area contributed by atoms with Crippen LogP contribution in [0.3, 0.4) is 0 Å². The number of hydrogen-bond donors (Lipinski definition) is 1. The van der Waals surface area contributed by atoms with Crippen LogP contribution in [0.4, 0.5) is 0 Å². The Morgan fingerprint density at radius 1 is 1.17 bits per heavy atom. The maximum Gasteiger partial charge on any atom is 0.275 e. The largest absolute Gasteiger partial charge is 0.410 e. The van der Waals surface area contributed by atoms with Crippen molar-refractivity contribution in [2.24, 2.45) is 11.8 Å². The molecule has 2 unspecified atom stereocenters. The lowest BCUT2D eigenvalue weighted by molar-refractivity contribution is -0.0681. The van der Waals surface area contributed by atoms with E-state index in [1.165, 1.54) is 6.42 Å². The van der Waals surface area contributed by atoms with Gasteiger partial charge in [0.15, 0.2) is 8.32 Å². The third-order valence-electron chi connectivity index (χ3n) is 9.30. The Bertz CT molecular complexity index is 1030. The molecule has 4 atom stereocenters. The summed E-state index contributed by atoms with van der Waals surface area (Å²) in [7, 11) is -6.70. The Morgan fingerprint density at radius 2 is 1.77 bits per heavy atom. The zero-order chi connectivity index (χ0) is 26.3. The standard InChI is InChI=1S/C28H45IO4SSi/c1-8-24(23-16-12-13-17-25(23)29)27(34(30,31)32)19-18-21(2)28(20-27,22-14-10-9-11-15-22)33-35(6,7)26(3,4)5/h12-13,16-19,21-22,24H,8-11,14-15,20H2,1-7H3,(H,30,31,32)/t21?,24?,27-,28-/m0/s1. The van der Waals surface area contributed by atoms with E-state index in [0.29, 0.717) is 12.8 Å². The van der Waals surface area contributed by atoms with Gasteiger partial charge in [-0.3, -0.25) is 4.55 Å². The summed E-state index contributed by atoms with van der Waals surface area (Å²) in [6, 6.07) is 7.98. The van der Waals surface area contributed by atoms with Crippen LogP contribution in [0.2, 0.25) is 18.1 Å². The molecule has 1 saturated carbocycles. The van der Waals surface area contributed by atoms with Crippen molar-refractivity contribution in [2.45, 2.75) is 114 Å². The van der Waals surface area contributed by atoms with Gasteiger partial charge in [0.1, 0.15) is 4.75 Å². The summed E-state index contributed by atoms with van der Waals surface area (Å²) in [5.74, 6) is -0.0129. The second-order valence-corrected chi connectivity index (χ2v) is 20.0. The summed E-state index contributed by atoms with van der Waals surface area (Å²) >= 11 is 2.29. The van der Waals surface area contributed by atoms with Gasteiger partial charge < -0.3 is 4.43 Å². The molecule has 0 spiro atoms. The lowest BCUT2D eigenvalue weighted by Gasteiger charge is -2.57. The van der Waals surface area contributed by atoms with Crippen LogP contribution in [0.25, 0.3) is 0 Å². The lowest BCUT2D eigenvalue weighted by atomic mass is 9.62. The van der Waals surface area contributed by atoms with E-state index >= 15 is 0 Å². The second-order valence-electron chi connectivity index (χ2n) is 12.4. The minimum atomic E-state index is -4.44. The summed E-state index contributed by atoms with van der Waals surface area (Å²) in [6.07, 6.45) is 10.4. The summed E-state index contributed by atoms with van der Waals surface area (Å²) in [4.78, 5) is 0. The van der Waals surface area contributed by atoms with Gasteiger partial charge in [0.2, 0.25) is 0 Å². The van der Waals surface area contributed by atoms with Crippen LogP contribution in [0.15, 0.2) is 36.4 Å². The Hall–Kier alpha value is -0.223. The fourth-order valence-corrected chi connectivity index (χ4v) is 10.0. The van der Waals surface area contributed by atoms with Gasteiger partial charge in [-0.15, -0.1) is 0 Å². The third kappa shape index (κ3) is 5.50. The molecule has 0 radical (unpaired) electrons. The van der Waals surface area contributed by atoms with Gasteiger partial charge >= 0.3 is 0 Å². The number of benzene rings is 1. The summed E-state index contributed by atoms with van der Waals surface area (Å²) in [6.45, 7) is 15.5. The van der Waals surface area contributed by atoms with E-state index < -0.39 is 28.8 Å². The SMILES string of the molecule is CCC(c1ccccc1I)[C@]1(S(=O)(=O)O)C=CC(C)[C@](O[Si](C)(C)C(C)(C)C)(C2CCCCC2)C1. The average molecular weight is 633 g/mol. The van der Waals surface area contributed by atoms with Crippen molar-refractivity contribution >= 4 is 41.0 Å². The molecule has 0 bridgehead atoms. The highest BCUT2D eigenvalue weighted by Gasteiger charge is 2.61. The zero-order valence-electron chi connectivity index (χ0n) is 22.6. The first-order valence-corrected chi connectivity index (χ1v) is 18.6. The molecule has 1 N–H and O–H groups in total. The van der Waals surface area contributed by atoms with E-state index in [-0.39, 0.29) is 22.8 Å². The van der Waals surface area contributed by atoms with Gasteiger partial charge in [-0.25, -0.2) is 0 Å². The fraction of sp³-hybridized carbons (Fsp3) is 0.714. The van der Waals surface area contributed by atoms with Crippen molar-refractivity contribution in [1.29, 1.82) is 0 Å². The number of rotatable bonds is 7. The van der Waals surface area contributed by atoms with E-state index in [1.54, 1.807) is 0 Å². The average Bonchev–Trinajstić information content (AvgIpc) is 2.76. The van der Waals surface area contributed by atoms with Crippen LogP contribution < -0.4 is 0 Å². The lowest BCUT2D eigenvalue weighted by Crippen LogP contribution is -2.62. The smallest absolute Gasteiger partial charge is 0.275 e. The van der Waals surface area contributed by atoms with Gasteiger partial charge in [0, 0.05) is 21.8 Å². The predicted molar refractivity (Wildman–Crippen MR) is 157 cm³/mol. The molecule has 3 rings (SSSR count). The van der Waals surface area contributed by atoms with Crippen LogP contribution in [0.5, 0.6) is 0 Å². The highest BCUT2D eigenvalue weighted by molar-refractivity contribution is 14.1. The predicted octanol–water partition coefficient (Wildman–Crippen LogP) is 8.35. The van der Waals surface area contributed by atoms with Crippen LogP contribution >= 0.6 is 22.6 Å². The second kappa shape index (κ2) is 10.5.